The standard InChI is InChI=1S/C22H30N6O/c1-2-24-21-25-12-19(13-26-21)14-27-10-4-7-22(16-27)8-6-20(29)28(17-22)15-18-5-3-9-23-11-18/h3,5,9,11-13H,2,4,6-8,10,14-17H2,1H3,(H,24,25,26). The minimum atomic E-state index is 0.193. The van der Waals surface area contributed by atoms with Crippen LogP contribution in [0, 0.1) is 5.41 Å². The third-order valence-corrected chi connectivity index (χ3v) is 6.03. The zero-order valence-electron chi connectivity index (χ0n) is 17.2. The summed E-state index contributed by atoms with van der Waals surface area (Å²) < 4.78 is 0. The Balaban J connectivity index is 1.40. The van der Waals surface area contributed by atoms with Gasteiger partial charge in [-0.1, -0.05) is 6.07 Å². The highest BCUT2D eigenvalue weighted by Gasteiger charge is 2.41. The van der Waals surface area contributed by atoms with Crippen molar-refractivity contribution in [2.24, 2.45) is 5.41 Å². The molecule has 2 saturated heterocycles. The van der Waals surface area contributed by atoms with Crippen LogP contribution >= 0.6 is 0 Å². The normalized spacial score (nSPS) is 22.8. The lowest BCUT2D eigenvalue weighted by Gasteiger charge is -2.48. The minimum absolute atomic E-state index is 0.193. The van der Waals surface area contributed by atoms with Gasteiger partial charge in [0.05, 0.1) is 0 Å². The lowest BCUT2D eigenvalue weighted by atomic mass is 9.73. The molecule has 4 heterocycles. The predicted octanol–water partition coefficient (Wildman–Crippen LogP) is 2.71. The van der Waals surface area contributed by atoms with Crippen LogP contribution in [0.15, 0.2) is 36.9 Å². The molecule has 7 heteroatoms. The summed E-state index contributed by atoms with van der Waals surface area (Å²) in [6.45, 7) is 7.34. The third-order valence-electron chi connectivity index (χ3n) is 6.03. The van der Waals surface area contributed by atoms with E-state index in [9.17, 15) is 4.79 Å². The lowest BCUT2D eigenvalue weighted by molar-refractivity contribution is -0.140. The quantitative estimate of drug-likeness (QED) is 0.812. The molecule has 2 aromatic heterocycles. The van der Waals surface area contributed by atoms with E-state index in [1.54, 1.807) is 6.20 Å². The van der Waals surface area contributed by atoms with Crippen LogP contribution in [0.2, 0.25) is 0 Å². The van der Waals surface area contributed by atoms with E-state index in [4.69, 9.17) is 0 Å². The number of nitrogens with zero attached hydrogens (tertiary/aromatic N) is 5. The Bertz CT molecular complexity index is 812. The second-order valence-electron chi connectivity index (χ2n) is 8.37. The zero-order valence-corrected chi connectivity index (χ0v) is 17.2. The van der Waals surface area contributed by atoms with Crippen molar-refractivity contribution >= 4 is 11.9 Å². The van der Waals surface area contributed by atoms with E-state index in [0.717, 1.165) is 50.3 Å². The number of pyridine rings is 1. The minimum Gasteiger partial charge on any atom is -0.355 e. The van der Waals surface area contributed by atoms with Crippen LogP contribution in [-0.2, 0) is 17.9 Å². The average molecular weight is 395 g/mol. The Morgan fingerprint density at radius 3 is 2.72 bits per heavy atom. The number of piperidine rings is 2. The summed E-state index contributed by atoms with van der Waals surface area (Å²) in [5.74, 6) is 0.951. The average Bonchev–Trinajstić information content (AvgIpc) is 2.74. The van der Waals surface area contributed by atoms with Crippen molar-refractivity contribution < 1.29 is 4.79 Å². The van der Waals surface area contributed by atoms with Crippen molar-refractivity contribution in [2.75, 3.05) is 31.5 Å². The maximum atomic E-state index is 12.6. The first-order valence-corrected chi connectivity index (χ1v) is 10.6. The van der Waals surface area contributed by atoms with Crippen molar-refractivity contribution in [1.29, 1.82) is 0 Å². The number of carbonyl (C=O) groups excluding carboxylic acids is 1. The maximum Gasteiger partial charge on any atom is 0.222 e. The summed E-state index contributed by atoms with van der Waals surface area (Å²) in [5.41, 5.74) is 2.44. The van der Waals surface area contributed by atoms with Gasteiger partial charge in [-0.3, -0.25) is 14.7 Å². The molecule has 0 aromatic carbocycles. The Labute approximate surface area is 172 Å². The topological polar surface area (TPSA) is 74.2 Å². The molecular weight excluding hydrogens is 364 g/mol. The molecule has 7 nitrogen and oxygen atoms in total. The Hall–Kier alpha value is -2.54. The van der Waals surface area contributed by atoms with E-state index in [1.807, 2.05) is 42.5 Å². The number of hydrogen-bond donors (Lipinski definition) is 1. The summed E-state index contributed by atoms with van der Waals surface area (Å²) in [4.78, 5) is 30.1. The first-order valence-electron chi connectivity index (χ1n) is 10.6. The van der Waals surface area contributed by atoms with Gasteiger partial charge < -0.3 is 10.2 Å². The number of carbonyl (C=O) groups is 1. The molecule has 2 aliphatic rings. The van der Waals surface area contributed by atoms with Crippen molar-refractivity contribution in [2.45, 2.75) is 45.7 Å². The molecule has 154 valence electrons. The number of amides is 1. The van der Waals surface area contributed by atoms with Crippen LogP contribution in [0.3, 0.4) is 0 Å². The van der Waals surface area contributed by atoms with Crippen molar-refractivity contribution in [3.63, 3.8) is 0 Å². The van der Waals surface area contributed by atoms with E-state index < -0.39 is 0 Å². The molecule has 1 unspecified atom stereocenters. The van der Waals surface area contributed by atoms with E-state index in [0.29, 0.717) is 18.9 Å². The van der Waals surface area contributed by atoms with Gasteiger partial charge in [0.2, 0.25) is 11.9 Å². The summed E-state index contributed by atoms with van der Waals surface area (Å²) in [7, 11) is 0. The molecule has 4 rings (SSSR count). The van der Waals surface area contributed by atoms with Crippen molar-refractivity contribution in [3.8, 4) is 0 Å². The molecule has 0 aliphatic carbocycles. The summed E-state index contributed by atoms with van der Waals surface area (Å²) in [6.07, 6.45) is 11.5. The number of anilines is 1. The molecule has 2 aliphatic heterocycles. The SMILES string of the molecule is CCNc1ncc(CN2CCCC3(CCC(=O)N(Cc4cccnc4)C3)C2)cn1. The molecule has 2 aromatic rings. The number of rotatable bonds is 6. The van der Waals surface area contributed by atoms with E-state index in [2.05, 4.69) is 25.2 Å². The summed E-state index contributed by atoms with van der Waals surface area (Å²) in [5, 5.41) is 3.14. The molecule has 1 spiro atoms. The summed E-state index contributed by atoms with van der Waals surface area (Å²) >= 11 is 0. The molecular formula is C22H30N6O. The van der Waals surface area contributed by atoms with Crippen LogP contribution in [0.25, 0.3) is 0 Å². The van der Waals surface area contributed by atoms with Gasteiger partial charge in [0.15, 0.2) is 0 Å². The van der Waals surface area contributed by atoms with Crippen LogP contribution in [-0.4, -0.2) is 56.8 Å². The second kappa shape index (κ2) is 8.86. The zero-order chi connectivity index (χ0) is 20.1. The Morgan fingerprint density at radius 1 is 1.10 bits per heavy atom. The summed E-state index contributed by atoms with van der Waals surface area (Å²) in [6, 6.07) is 3.98. The van der Waals surface area contributed by atoms with Gasteiger partial charge in [-0.25, -0.2) is 9.97 Å². The lowest BCUT2D eigenvalue weighted by Crippen LogP contribution is -2.53. The van der Waals surface area contributed by atoms with Crippen molar-refractivity contribution in [1.82, 2.24) is 24.8 Å². The number of hydrogen-bond acceptors (Lipinski definition) is 6. The molecule has 0 saturated carbocycles. The van der Waals surface area contributed by atoms with E-state index in [-0.39, 0.29) is 11.3 Å². The molecule has 1 atom stereocenters. The molecule has 1 amide bonds. The molecule has 1 N–H and O–H groups in total. The fourth-order valence-corrected chi connectivity index (χ4v) is 4.68. The highest BCUT2D eigenvalue weighted by molar-refractivity contribution is 5.77. The third kappa shape index (κ3) is 4.90. The number of aromatic nitrogens is 3. The Morgan fingerprint density at radius 2 is 1.97 bits per heavy atom. The van der Waals surface area contributed by atoms with Crippen molar-refractivity contribution in [3.05, 3.63) is 48.0 Å². The highest BCUT2D eigenvalue weighted by Crippen LogP contribution is 2.39. The van der Waals surface area contributed by atoms with Gasteiger partial charge in [0.1, 0.15) is 0 Å². The monoisotopic (exact) mass is 394 g/mol. The van der Waals surface area contributed by atoms with Crippen LogP contribution in [0.1, 0.15) is 43.7 Å². The van der Waals surface area contributed by atoms with Gasteiger partial charge in [0, 0.05) is 74.9 Å². The van der Waals surface area contributed by atoms with Gasteiger partial charge in [0.25, 0.3) is 0 Å². The highest BCUT2D eigenvalue weighted by atomic mass is 16.2. The predicted molar refractivity (Wildman–Crippen MR) is 112 cm³/mol. The van der Waals surface area contributed by atoms with Gasteiger partial charge in [-0.15, -0.1) is 0 Å². The van der Waals surface area contributed by atoms with E-state index >= 15 is 0 Å². The molecule has 0 bridgehead atoms. The molecule has 0 radical (unpaired) electrons. The Kier molecular flexibility index (Phi) is 6.04. The smallest absolute Gasteiger partial charge is 0.222 e. The fraction of sp³-hybridized carbons (Fsp3) is 0.545. The van der Waals surface area contributed by atoms with Crippen LogP contribution in [0.5, 0.6) is 0 Å². The molecule has 29 heavy (non-hydrogen) atoms. The van der Waals surface area contributed by atoms with Gasteiger partial charge in [-0.2, -0.15) is 0 Å². The second-order valence-corrected chi connectivity index (χ2v) is 8.37. The number of nitrogens with one attached hydrogen (secondary N) is 1. The van der Waals surface area contributed by atoms with Gasteiger partial charge in [-0.05, 0) is 44.4 Å². The largest absolute Gasteiger partial charge is 0.355 e. The first kappa shape index (κ1) is 19.8. The number of likely N-dealkylation sites (tertiary alicyclic amines) is 2. The van der Waals surface area contributed by atoms with E-state index in [1.165, 1.54) is 12.8 Å². The van der Waals surface area contributed by atoms with Crippen LogP contribution < -0.4 is 5.32 Å². The fourth-order valence-electron chi connectivity index (χ4n) is 4.68. The maximum absolute atomic E-state index is 12.6. The van der Waals surface area contributed by atoms with Crippen LogP contribution in [0.4, 0.5) is 5.95 Å². The molecule has 2 fully saturated rings. The van der Waals surface area contributed by atoms with Gasteiger partial charge >= 0.3 is 0 Å². The first-order chi connectivity index (χ1) is 14.2.